The number of carbonyl (C=O) groups excluding carboxylic acids is 2. The lowest BCUT2D eigenvalue weighted by molar-refractivity contribution is -0.134. The first-order valence-corrected chi connectivity index (χ1v) is 6.78. The van der Waals surface area contributed by atoms with Crippen molar-refractivity contribution in [3.05, 3.63) is 35.9 Å². The molecule has 0 aliphatic carbocycles. The minimum atomic E-state index is -0.645. The first kappa shape index (κ1) is 14.1. The lowest BCUT2D eigenvalue weighted by Crippen LogP contribution is -2.43. The van der Waals surface area contributed by atoms with Gasteiger partial charge in [0.05, 0.1) is 6.04 Å². The molecule has 2 amide bonds. The van der Waals surface area contributed by atoms with Crippen molar-refractivity contribution in [1.29, 1.82) is 0 Å². The Kier molecular flexibility index (Phi) is 4.41. The summed E-state index contributed by atoms with van der Waals surface area (Å²) in [4.78, 5) is 26.1. The number of benzene rings is 1. The quantitative estimate of drug-likeness (QED) is 0.846. The highest BCUT2D eigenvalue weighted by atomic mass is 16.2. The highest BCUT2D eigenvalue weighted by Crippen LogP contribution is 2.21. The fourth-order valence-electron chi connectivity index (χ4n) is 2.40. The summed E-state index contributed by atoms with van der Waals surface area (Å²) < 4.78 is 0. The second-order valence-corrected chi connectivity index (χ2v) is 4.78. The van der Waals surface area contributed by atoms with Crippen LogP contribution in [0.25, 0.3) is 0 Å². The predicted octanol–water partition coefficient (Wildman–Crippen LogP) is 1.49. The van der Waals surface area contributed by atoms with E-state index in [0.717, 1.165) is 5.56 Å². The smallest absolute Gasteiger partial charge is 0.250 e. The largest absolute Gasteiger partial charge is 0.340 e. The number of hydrogen-bond acceptors (Lipinski definition) is 2. The van der Waals surface area contributed by atoms with Gasteiger partial charge in [0.2, 0.25) is 5.91 Å². The Bertz CT molecular complexity index is 533. The molecule has 0 aromatic heterocycles. The summed E-state index contributed by atoms with van der Waals surface area (Å²) >= 11 is 0. The third-order valence-electron chi connectivity index (χ3n) is 3.50. The lowest BCUT2D eigenvalue weighted by atomic mass is 10.0. The molecule has 20 heavy (non-hydrogen) atoms. The van der Waals surface area contributed by atoms with Crippen molar-refractivity contribution >= 4 is 11.8 Å². The summed E-state index contributed by atoms with van der Waals surface area (Å²) in [6.45, 7) is 2.31. The molecule has 1 aliphatic heterocycles. The van der Waals surface area contributed by atoms with Crippen LogP contribution in [-0.4, -0.2) is 29.3 Å². The molecule has 1 aliphatic rings. The zero-order valence-corrected chi connectivity index (χ0v) is 11.5. The maximum Gasteiger partial charge on any atom is 0.250 e. The molecule has 0 radical (unpaired) electrons. The number of nitrogens with one attached hydrogen (secondary N) is 1. The van der Waals surface area contributed by atoms with E-state index in [1.165, 1.54) is 0 Å². The van der Waals surface area contributed by atoms with Crippen molar-refractivity contribution in [2.24, 2.45) is 0 Å². The van der Waals surface area contributed by atoms with Gasteiger partial charge in [-0.25, -0.2) is 0 Å². The Morgan fingerprint density at radius 1 is 1.40 bits per heavy atom. The van der Waals surface area contributed by atoms with Gasteiger partial charge in [0, 0.05) is 13.0 Å². The molecule has 1 aromatic rings. The molecule has 0 saturated carbocycles. The average Bonchev–Trinajstić information content (AvgIpc) is 2.62. The van der Waals surface area contributed by atoms with Crippen molar-refractivity contribution in [3.8, 4) is 12.3 Å². The van der Waals surface area contributed by atoms with Crippen LogP contribution in [0.2, 0.25) is 0 Å². The average molecular weight is 270 g/mol. The van der Waals surface area contributed by atoms with E-state index in [2.05, 4.69) is 11.2 Å². The summed E-state index contributed by atoms with van der Waals surface area (Å²) in [5.41, 5.74) is 0.782. The van der Waals surface area contributed by atoms with Gasteiger partial charge in [0.25, 0.3) is 5.91 Å². The Hall–Kier alpha value is -2.28. The van der Waals surface area contributed by atoms with Gasteiger partial charge in [0.1, 0.15) is 6.04 Å². The summed E-state index contributed by atoms with van der Waals surface area (Å²) in [5, 5.41) is 2.78. The number of hydrogen-bond donors (Lipinski definition) is 1. The number of nitrogens with zero attached hydrogens (tertiary/aromatic N) is 1. The van der Waals surface area contributed by atoms with Gasteiger partial charge in [-0.1, -0.05) is 43.2 Å². The van der Waals surface area contributed by atoms with Gasteiger partial charge in [-0.3, -0.25) is 9.59 Å². The van der Waals surface area contributed by atoms with Crippen molar-refractivity contribution < 1.29 is 9.59 Å². The molecule has 4 nitrogen and oxygen atoms in total. The van der Waals surface area contributed by atoms with E-state index < -0.39 is 6.04 Å². The second kappa shape index (κ2) is 6.25. The van der Waals surface area contributed by atoms with Crippen molar-refractivity contribution in [3.63, 3.8) is 0 Å². The molecule has 1 heterocycles. The molecule has 0 bridgehead atoms. The molecule has 2 rings (SSSR count). The fraction of sp³-hybridized carbons (Fsp3) is 0.375. The lowest BCUT2D eigenvalue weighted by Gasteiger charge is -2.28. The topological polar surface area (TPSA) is 49.4 Å². The summed E-state index contributed by atoms with van der Waals surface area (Å²) in [6, 6.07) is 8.34. The standard InChI is InChI=1S/C16H18N2O2/c1-3-13(4-2)18-11-10-14(19)17-15(16(18)20)12-8-6-5-7-9-12/h1,5-9,13,15H,4,10-11H2,2H3,(H,17,19). The minimum Gasteiger partial charge on any atom is -0.340 e. The minimum absolute atomic E-state index is 0.124. The molecule has 1 aromatic carbocycles. The van der Waals surface area contributed by atoms with Crippen LogP contribution in [-0.2, 0) is 9.59 Å². The van der Waals surface area contributed by atoms with Crippen LogP contribution in [0.3, 0.4) is 0 Å². The molecular formula is C16H18N2O2. The maximum atomic E-state index is 12.7. The van der Waals surface area contributed by atoms with Gasteiger partial charge >= 0.3 is 0 Å². The molecule has 104 valence electrons. The first-order valence-electron chi connectivity index (χ1n) is 6.78. The molecule has 0 spiro atoms. The number of terminal acetylenes is 1. The number of rotatable bonds is 3. The van der Waals surface area contributed by atoms with Crippen molar-refractivity contribution in [2.45, 2.75) is 31.8 Å². The molecule has 1 fully saturated rings. The van der Waals surface area contributed by atoms with E-state index >= 15 is 0 Å². The van der Waals surface area contributed by atoms with E-state index in [9.17, 15) is 9.59 Å². The third kappa shape index (κ3) is 2.83. The highest BCUT2D eigenvalue weighted by Gasteiger charge is 2.33. The van der Waals surface area contributed by atoms with Crippen LogP contribution < -0.4 is 5.32 Å². The van der Waals surface area contributed by atoms with Crippen LogP contribution >= 0.6 is 0 Å². The van der Waals surface area contributed by atoms with Crippen molar-refractivity contribution in [2.75, 3.05) is 6.54 Å². The van der Waals surface area contributed by atoms with Crippen LogP contribution in [0.4, 0.5) is 0 Å². The van der Waals surface area contributed by atoms with E-state index in [0.29, 0.717) is 13.0 Å². The van der Waals surface area contributed by atoms with E-state index in [4.69, 9.17) is 6.42 Å². The Morgan fingerprint density at radius 2 is 2.10 bits per heavy atom. The summed E-state index contributed by atoms with van der Waals surface area (Å²) in [7, 11) is 0. The van der Waals surface area contributed by atoms with Gasteiger partial charge in [-0.2, -0.15) is 0 Å². The SMILES string of the molecule is C#CC(CC)N1CCC(=O)NC(c2ccccc2)C1=O. The predicted molar refractivity (Wildman–Crippen MR) is 76.6 cm³/mol. The molecular weight excluding hydrogens is 252 g/mol. The third-order valence-corrected chi connectivity index (χ3v) is 3.50. The summed E-state index contributed by atoms with van der Waals surface area (Å²) in [5.74, 6) is 2.38. The molecule has 2 unspecified atom stereocenters. The van der Waals surface area contributed by atoms with Crippen molar-refractivity contribution in [1.82, 2.24) is 10.2 Å². The zero-order valence-electron chi connectivity index (χ0n) is 11.5. The maximum absolute atomic E-state index is 12.7. The fourth-order valence-corrected chi connectivity index (χ4v) is 2.40. The highest BCUT2D eigenvalue weighted by molar-refractivity contribution is 5.91. The Labute approximate surface area is 119 Å². The van der Waals surface area contributed by atoms with Gasteiger partial charge in [-0.05, 0) is 12.0 Å². The molecule has 4 heteroatoms. The van der Waals surface area contributed by atoms with Crippen LogP contribution in [0.1, 0.15) is 31.4 Å². The van der Waals surface area contributed by atoms with Crippen LogP contribution in [0.15, 0.2) is 30.3 Å². The number of carbonyl (C=O) groups is 2. The first-order chi connectivity index (χ1) is 9.67. The van der Waals surface area contributed by atoms with Crippen LogP contribution in [0, 0.1) is 12.3 Å². The van der Waals surface area contributed by atoms with E-state index in [1.54, 1.807) is 4.90 Å². The normalized spacial score (nSPS) is 20.8. The zero-order chi connectivity index (χ0) is 14.5. The second-order valence-electron chi connectivity index (χ2n) is 4.78. The van der Waals surface area contributed by atoms with Gasteiger partial charge in [-0.15, -0.1) is 6.42 Å². The monoisotopic (exact) mass is 270 g/mol. The van der Waals surface area contributed by atoms with Gasteiger partial charge < -0.3 is 10.2 Å². The molecule has 1 saturated heterocycles. The molecule has 1 N–H and O–H groups in total. The van der Waals surface area contributed by atoms with E-state index in [1.807, 2.05) is 37.3 Å². The van der Waals surface area contributed by atoms with Crippen LogP contribution in [0.5, 0.6) is 0 Å². The summed E-state index contributed by atoms with van der Waals surface area (Å²) in [6.07, 6.45) is 6.46. The Balaban J connectivity index is 2.33. The van der Waals surface area contributed by atoms with E-state index in [-0.39, 0.29) is 24.3 Å². The number of amides is 2. The molecule has 2 atom stereocenters. The van der Waals surface area contributed by atoms with Gasteiger partial charge in [0.15, 0.2) is 0 Å². The Morgan fingerprint density at radius 3 is 2.70 bits per heavy atom.